The van der Waals surface area contributed by atoms with Gasteiger partial charge >= 0.3 is 6.03 Å². The first-order chi connectivity index (χ1) is 4.74. The Labute approximate surface area is 64.6 Å². The van der Waals surface area contributed by atoms with Crippen molar-refractivity contribution >= 4 is 23.4 Å². The minimum Gasteiger partial charge on any atom is -0.332 e. The van der Waals surface area contributed by atoms with Crippen molar-refractivity contribution in [3.05, 3.63) is 0 Å². The quantitative estimate of drug-likeness (QED) is 0.523. The summed E-state index contributed by atoms with van der Waals surface area (Å²) in [6.07, 6.45) is 0. The van der Waals surface area contributed by atoms with Crippen molar-refractivity contribution in [1.82, 2.24) is 15.5 Å². The molecule has 1 saturated heterocycles. The van der Waals surface area contributed by atoms with Gasteiger partial charge in [0.15, 0.2) is 5.11 Å². The topological polar surface area (TPSA) is 44.4 Å². The molecule has 2 N–H and O–H groups in total. The van der Waals surface area contributed by atoms with Gasteiger partial charge in [-0.2, -0.15) is 0 Å². The van der Waals surface area contributed by atoms with Gasteiger partial charge in [0.2, 0.25) is 0 Å². The third-order valence-corrected chi connectivity index (χ3v) is 1.68. The van der Waals surface area contributed by atoms with Gasteiger partial charge in [0.25, 0.3) is 0 Å². The molecule has 0 aromatic heterocycles. The van der Waals surface area contributed by atoms with Crippen LogP contribution in [0.1, 0.15) is 6.92 Å². The van der Waals surface area contributed by atoms with E-state index >= 15 is 0 Å². The van der Waals surface area contributed by atoms with Gasteiger partial charge in [0, 0.05) is 6.54 Å². The van der Waals surface area contributed by atoms with Gasteiger partial charge in [0.05, 0.1) is 6.67 Å². The lowest BCUT2D eigenvalue weighted by Crippen LogP contribution is -2.56. The molecule has 0 spiro atoms. The fourth-order valence-electron chi connectivity index (χ4n) is 0.715. The number of nitrogens with zero attached hydrogens (tertiary/aromatic N) is 1. The lowest BCUT2D eigenvalue weighted by Gasteiger charge is -2.28. The summed E-state index contributed by atoms with van der Waals surface area (Å²) < 4.78 is 0. The molecule has 0 aliphatic carbocycles. The van der Waals surface area contributed by atoms with Gasteiger partial charge in [-0.25, -0.2) is 4.79 Å². The molecular weight excluding hydrogens is 150 g/mol. The van der Waals surface area contributed by atoms with Gasteiger partial charge in [-0.3, -0.25) is 5.32 Å². The molecule has 0 bridgehead atoms. The molecule has 1 fully saturated rings. The lowest BCUT2D eigenvalue weighted by molar-refractivity contribution is 0.232. The van der Waals surface area contributed by atoms with E-state index in [0.29, 0.717) is 11.8 Å². The summed E-state index contributed by atoms with van der Waals surface area (Å²) in [5.74, 6) is 0. The predicted molar refractivity (Wildman–Crippen MR) is 41.5 cm³/mol. The fourth-order valence-corrected chi connectivity index (χ4v) is 1.00. The molecule has 1 aliphatic rings. The van der Waals surface area contributed by atoms with E-state index in [1.807, 2.05) is 11.8 Å². The number of carbonyl (C=O) groups is 1. The van der Waals surface area contributed by atoms with Gasteiger partial charge in [0.1, 0.15) is 0 Å². The Morgan fingerprint density at radius 2 is 2.50 bits per heavy atom. The molecule has 5 heteroatoms. The zero-order chi connectivity index (χ0) is 7.56. The van der Waals surface area contributed by atoms with Crippen molar-refractivity contribution in [2.75, 3.05) is 13.2 Å². The maximum atomic E-state index is 10.6. The van der Waals surface area contributed by atoms with E-state index in [1.165, 1.54) is 0 Å². The van der Waals surface area contributed by atoms with E-state index in [1.54, 1.807) is 0 Å². The first-order valence-electron chi connectivity index (χ1n) is 3.07. The third kappa shape index (κ3) is 1.36. The van der Waals surface area contributed by atoms with Crippen LogP contribution in [0.3, 0.4) is 0 Å². The molecule has 2 amide bonds. The fraction of sp³-hybridized carbons (Fsp3) is 0.600. The summed E-state index contributed by atoms with van der Waals surface area (Å²) in [5, 5.41) is 5.60. The Bertz CT molecular complexity index is 170. The van der Waals surface area contributed by atoms with E-state index in [9.17, 15) is 4.79 Å². The lowest BCUT2D eigenvalue weighted by atomic mass is 10.6. The highest BCUT2D eigenvalue weighted by Crippen LogP contribution is 1.91. The maximum Gasteiger partial charge on any atom is 0.322 e. The molecule has 10 heavy (non-hydrogen) atoms. The molecule has 0 radical (unpaired) electrons. The summed E-state index contributed by atoms with van der Waals surface area (Å²) in [5.41, 5.74) is 0. The SMILES string of the molecule is CCN1CNC(=O)NC1=S. The van der Waals surface area contributed by atoms with Crippen molar-refractivity contribution in [3.8, 4) is 0 Å². The number of hydrogen-bond donors (Lipinski definition) is 2. The average Bonchev–Trinajstić information content (AvgIpc) is 1.88. The number of amides is 2. The van der Waals surface area contributed by atoms with Crippen LogP contribution in [0.25, 0.3) is 0 Å². The Hall–Kier alpha value is -0.840. The van der Waals surface area contributed by atoms with E-state index in [2.05, 4.69) is 10.6 Å². The Morgan fingerprint density at radius 1 is 1.80 bits per heavy atom. The highest BCUT2D eigenvalue weighted by molar-refractivity contribution is 7.80. The minimum absolute atomic E-state index is 0.213. The molecule has 0 atom stereocenters. The number of hydrogen-bond acceptors (Lipinski definition) is 2. The Kier molecular flexibility index (Phi) is 2.06. The zero-order valence-corrected chi connectivity index (χ0v) is 6.49. The van der Waals surface area contributed by atoms with Crippen LogP contribution < -0.4 is 10.6 Å². The van der Waals surface area contributed by atoms with Crippen LogP contribution in [0.4, 0.5) is 4.79 Å². The van der Waals surface area contributed by atoms with Gasteiger partial charge in [-0.15, -0.1) is 0 Å². The molecule has 4 nitrogen and oxygen atoms in total. The van der Waals surface area contributed by atoms with Crippen LogP contribution in [0, 0.1) is 0 Å². The third-order valence-electron chi connectivity index (χ3n) is 1.32. The molecule has 56 valence electrons. The summed E-state index contributed by atoms with van der Waals surface area (Å²) in [6, 6.07) is -0.213. The van der Waals surface area contributed by atoms with Crippen LogP contribution >= 0.6 is 12.2 Å². The second-order valence-corrected chi connectivity index (χ2v) is 2.34. The highest BCUT2D eigenvalue weighted by Gasteiger charge is 2.16. The normalized spacial score (nSPS) is 18.3. The second kappa shape index (κ2) is 2.83. The smallest absolute Gasteiger partial charge is 0.322 e. The molecule has 1 aliphatic heterocycles. The van der Waals surface area contributed by atoms with Gasteiger partial charge in [-0.05, 0) is 19.1 Å². The molecular formula is C5H9N3OS. The van der Waals surface area contributed by atoms with Gasteiger partial charge < -0.3 is 10.2 Å². The molecule has 1 rings (SSSR count). The van der Waals surface area contributed by atoms with Crippen LogP contribution in [0.2, 0.25) is 0 Å². The molecule has 0 unspecified atom stereocenters. The predicted octanol–water partition coefficient (Wildman–Crippen LogP) is -0.136. The average molecular weight is 159 g/mol. The standard InChI is InChI=1S/C5H9N3OS/c1-2-8-3-6-4(9)7-5(8)10/h2-3H2,1H3,(H2,6,7,9,10). The van der Waals surface area contributed by atoms with Crippen molar-refractivity contribution in [2.24, 2.45) is 0 Å². The largest absolute Gasteiger partial charge is 0.332 e. The van der Waals surface area contributed by atoms with Crippen LogP contribution in [-0.4, -0.2) is 29.3 Å². The molecule has 0 saturated carbocycles. The van der Waals surface area contributed by atoms with Gasteiger partial charge in [-0.1, -0.05) is 0 Å². The highest BCUT2D eigenvalue weighted by atomic mass is 32.1. The van der Waals surface area contributed by atoms with Crippen LogP contribution in [0.15, 0.2) is 0 Å². The molecule has 1 heterocycles. The van der Waals surface area contributed by atoms with E-state index in [-0.39, 0.29) is 6.03 Å². The summed E-state index contributed by atoms with van der Waals surface area (Å²) >= 11 is 4.86. The molecule has 0 aromatic carbocycles. The number of urea groups is 1. The number of nitrogens with one attached hydrogen (secondary N) is 2. The number of rotatable bonds is 1. The second-order valence-electron chi connectivity index (χ2n) is 1.95. The number of carbonyl (C=O) groups excluding carboxylic acids is 1. The summed E-state index contributed by atoms with van der Waals surface area (Å²) in [7, 11) is 0. The van der Waals surface area contributed by atoms with E-state index < -0.39 is 0 Å². The van der Waals surface area contributed by atoms with Crippen molar-refractivity contribution in [1.29, 1.82) is 0 Å². The first kappa shape index (κ1) is 7.27. The maximum absolute atomic E-state index is 10.6. The minimum atomic E-state index is -0.213. The van der Waals surface area contributed by atoms with Crippen LogP contribution in [-0.2, 0) is 0 Å². The van der Waals surface area contributed by atoms with Crippen molar-refractivity contribution < 1.29 is 4.79 Å². The molecule has 0 aromatic rings. The monoisotopic (exact) mass is 159 g/mol. The number of thiocarbonyl (C=S) groups is 1. The Balaban J connectivity index is 2.51. The van der Waals surface area contributed by atoms with E-state index in [0.717, 1.165) is 6.54 Å². The Morgan fingerprint density at radius 3 is 3.00 bits per heavy atom. The zero-order valence-electron chi connectivity index (χ0n) is 5.68. The first-order valence-corrected chi connectivity index (χ1v) is 3.48. The van der Waals surface area contributed by atoms with Crippen LogP contribution in [0.5, 0.6) is 0 Å². The summed E-state index contributed by atoms with van der Waals surface area (Å²) in [6.45, 7) is 3.30. The van der Waals surface area contributed by atoms with E-state index in [4.69, 9.17) is 12.2 Å². The van der Waals surface area contributed by atoms with Crippen molar-refractivity contribution in [3.63, 3.8) is 0 Å². The summed E-state index contributed by atoms with van der Waals surface area (Å²) in [4.78, 5) is 12.5. The van der Waals surface area contributed by atoms with Crippen molar-refractivity contribution in [2.45, 2.75) is 6.92 Å².